The van der Waals surface area contributed by atoms with E-state index in [9.17, 15) is 0 Å². The van der Waals surface area contributed by atoms with Gasteiger partial charge in [0.15, 0.2) is 0 Å². The van der Waals surface area contributed by atoms with Crippen LogP contribution >= 0.6 is 0 Å². The lowest BCUT2D eigenvalue weighted by Gasteiger charge is -2.31. The molecule has 1 aliphatic rings. The summed E-state index contributed by atoms with van der Waals surface area (Å²) in [5.74, 6) is 0. The van der Waals surface area contributed by atoms with E-state index in [-0.39, 0.29) is 0 Å². The molecule has 0 bridgehead atoms. The molecule has 0 N–H and O–H groups in total. The van der Waals surface area contributed by atoms with E-state index >= 15 is 0 Å². The summed E-state index contributed by atoms with van der Waals surface area (Å²) in [6, 6.07) is 9.08. The number of hydrogen-bond donors (Lipinski definition) is 0. The van der Waals surface area contributed by atoms with Crippen molar-refractivity contribution in [1.29, 1.82) is 0 Å². The normalized spacial score (nSPS) is 17.3. The minimum absolute atomic E-state index is 0.314. The van der Waals surface area contributed by atoms with E-state index in [0.717, 1.165) is 25.2 Å². The average molecular weight is 279 g/mol. The molecule has 0 aliphatic carbocycles. The summed E-state index contributed by atoms with van der Waals surface area (Å²) in [5, 5.41) is 0. The van der Waals surface area contributed by atoms with Crippen LogP contribution in [0.4, 0.5) is 0 Å². The van der Waals surface area contributed by atoms with Gasteiger partial charge >= 0.3 is 0 Å². The topological polar surface area (TPSA) is 29.0 Å². The Balaban J connectivity index is 1.72. The van der Waals surface area contributed by atoms with Crippen LogP contribution < -0.4 is 0 Å². The van der Waals surface area contributed by atoms with E-state index in [0.29, 0.717) is 6.04 Å². The Hall–Kier alpha value is -2.00. The number of nitrogens with zero attached hydrogens (tertiary/aromatic N) is 3. The second kappa shape index (κ2) is 6.19. The van der Waals surface area contributed by atoms with Crippen molar-refractivity contribution < 1.29 is 0 Å². The van der Waals surface area contributed by atoms with Gasteiger partial charge in [0, 0.05) is 31.7 Å². The van der Waals surface area contributed by atoms with Gasteiger partial charge in [0.2, 0.25) is 0 Å². The molecule has 1 atom stereocenters. The van der Waals surface area contributed by atoms with Crippen molar-refractivity contribution in [1.82, 2.24) is 14.9 Å². The van der Waals surface area contributed by atoms with Crippen molar-refractivity contribution in [3.63, 3.8) is 0 Å². The van der Waals surface area contributed by atoms with Gasteiger partial charge in [-0.1, -0.05) is 35.9 Å². The van der Waals surface area contributed by atoms with Crippen LogP contribution in [0.1, 0.15) is 36.2 Å². The lowest BCUT2D eigenvalue weighted by atomic mass is 9.97. The molecule has 0 fully saturated rings. The molecule has 0 saturated carbocycles. The van der Waals surface area contributed by atoms with Crippen LogP contribution in [0.3, 0.4) is 0 Å². The highest BCUT2D eigenvalue weighted by Crippen LogP contribution is 2.27. The van der Waals surface area contributed by atoms with Crippen LogP contribution in [0, 0.1) is 6.92 Å². The van der Waals surface area contributed by atoms with Crippen molar-refractivity contribution in [3.8, 4) is 0 Å². The highest BCUT2D eigenvalue weighted by molar-refractivity contribution is 5.67. The standard InChI is InChI=1S/C18H21N3/c1-14-4-3-5-17(12-14)16-6-10-21(11-7-16)15(2)18-13-19-8-9-20-18/h3-6,8-9,12-13,15H,7,10-11H2,1-2H3/t15-/m1/s1. The molecule has 0 unspecified atom stereocenters. The van der Waals surface area contributed by atoms with E-state index in [2.05, 4.69) is 59.1 Å². The molecule has 0 spiro atoms. The second-order valence-electron chi connectivity index (χ2n) is 5.65. The Bertz CT molecular complexity index is 634. The first-order chi connectivity index (χ1) is 10.2. The molecule has 3 rings (SSSR count). The predicted octanol–water partition coefficient (Wildman–Crippen LogP) is 3.64. The Labute approximate surface area is 126 Å². The molecule has 0 saturated heterocycles. The summed E-state index contributed by atoms with van der Waals surface area (Å²) >= 11 is 0. The van der Waals surface area contributed by atoms with Crippen LogP contribution in [-0.4, -0.2) is 28.0 Å². The van der Waals surface area contributed by atoms with Crippen molar-refractivity contribution in [3.05, 3.63) is 65.8 Å². The zero-order chi connectivity index (χ0) is 14.7. The third kappa shape index (κ3) is 3.19. The zero-order valence-corrected chi connectivity index (χ0v) is 12.7. The molecule has 0 radical (unpaired) electrons. The number of hydrogen-bond acceptors (Lipinski definition) is 3. The first-order valence-corrected chi connectivity index (χ1v) is 7.50. The van der Waals surface area contributed by atoms with Crippen molar-refractivity contribution in [2.45, 2.75) is 26.3 Å². The van der Waals surface area contributed by atoms with E-state index in [1.54, 1.807) is 12.4 Å². The molecule has 2 aromatic rings. The Morgan fingerprint density at radius 2 is 2.14 bits per heavy atom. The third-order valence-electron chi connectivity index (χ3n) is 4.19. The van der Waals surface area contributed by atoms with Gasteiger partial charge in [-0.05, 0) is 31.4 Å². The smallest absolute Gasteiger partial charge is 0.0755 e. The molecule has 1 aromatic carbocycles. The predicted molar refractivity (Wildman–Crippen MR) is 85.8 cm³/mol. The number of benzene rings is 1. The van der Waals surface area contributed by atoms with Gasteiger partial charge in [0.25, 0.3) is 0 Å². The molecule has 1 aliphatic heterocycles. The van der Waals surface area contributed by atoms with Gasteiger partial charge in [0.05, 0.1) is 11.7 Å². The van der Waals surface area contributed by atoms with Crippen LogP contribution in [0.25, 0.3) is 5.57 Å². The first-order valence-electron chi connectivity index (χ1n) is 7.50. The minimum atomic E-state index is 0.314. The third-order valence-corrected chi connectivity index (χ3v) is 4.19. The van der Waals surface area contributed by atoms with E-state index in [1.165, 1.54) is 16.7 Å². The molecular formula is C18H21N3. The molecule has 3 nitrogen and oxygen atoms in total. The highest BCUT2D eigenvalue weighted by atomic mass is 15.2. The lowest BCUT2D eigenvalue weighted by molar-refractivity contribution is 0.229. The fourth-order valence-corrected chi connectivity index (χ4v) is 2.86. The first kappa shape index (κ1) is 14.0. The summed E-state index contributed by atoms with van der Waals surface area (Å²) in [4.78, 5) is 11.0. The van der Waals surface area contributed by atoms with Gasteiger partial charge in [-0.25, -0.2) is 0 Å². The largest absolute Gasteiger partial charge is 0.291 e. The molecular weight excluding hydrogens is 258 g/mol. The fourth-order valence-electron chi connectivity index (χ4n) is 2.86. The van der Waals surface area contributed by atoms with E-state index in [4.69, 9.17) is 0 Å². The highest BCUT2D eigenvalue weighted by Gasteiger charge is 2.20. The van der Waals surface area contributed by atoms with E-state index in [1.807, 2.05) is 6.20 Å². The van der Waals surface area contributed by atoms with Gasteiger partial charge in [0.1, 0.15) is 0 Å². The number of rotatable bonds is 3. The van der Waals surface area contributed by atoms with Crippen LogP contribution in [0.2, 0.25) is 0 Å². The average Bonchev–Trinajstić information content (AvgIpc) is 2.55. The second-order valence-corrected chi connectivity index (χ2v) is 5.65. The Morgan fingerprint density at radius 3 is 2.81 bits per heavy atom. The molecule has 1 aromatic heterocycles. The maximum atomic E-state index is 4.42. The summed E-state index contributed by atoms with van der Waals surface area (Å²) in [6.45, 7) is 6.39. The molecule has 3 heteroatoms. The van der Waals surface area contributed by atoms with Gasteiger partial charge < -0.3 is 0 Å². The molecule has 108 valence electrons. The lowest BCUT2D eigenvalue weighted by Crippen LogP contribution is -2.31. The molecule has 21 heavy (non-hydrogen) atoms. The molecule has 0 amide bonds. The Morgan fingerprint density at radius 1 is 1.24 bits per heavy atom. The van der Waals surface area contributed by atoms with Crippen molar-refractivity contribution in [2.24, 2.45) is 0 Å². The maximum absolute atomic E-state index is 4.42. The maximum Gasteiger partial charge on any atom is 0.0755 e. The van der Waals surface area contributed by atoms with Gasteiger partial charge in [-0.15, -0.1) is 0 Å². The summed E-state index contributed by atoms with van der Waals surface area (Å²) < 4.78 is 0. The quantitative estimate of drug-likeness (QED) is 0.859. The summed E-state index contributed by atoms with van der Waals surface area (Å²) in [7, 11) is 0. The minimum Gasteiger partial charge on any atom is -0.291 e. The Kier molecular flexibility index (Phi) is 4.11. The summed E-state index contributed by atoms with van der Waals surface area (Å²) in [5.41, 5.74) is 5.19. The van der Waals surface area contributed by atoms with E-state index < -0.39 is 0 Å². The molecule has 2 heterocycles. The number of aryl methyl sites for hydroxylation is 1. The van der Waals surface area contributed by atoms with Gasteiger partial charge in [-0.3, -0.25) is 14.9 Å². The monoisotopic (exact) mass is 279 g/mol. The van der Waals surface area contributed by atoms with Gasteiger partial charge in [-0.2, -0.15) is 0 Å². The van der Waals surface area contributed by atoms with Crippen LogP contribution in [0.5, 0.6) is 0 Å². The SMILES string of the molecule is Cc1cccc(C2=CCN([C@H](C)c3cnccn3)CC2)c1. The van der Waals surface area contributed by atoms with Crippen molar-refractivity contribution in [2.75, 3.05) is 13.1 Å². The van der Waals surface area contributed by atoms with Crippen molar-refractivity contribution >= 4 is 5.57 Å². The fraction of sp³-hybridized carbons (Fsp3) is 0.333. The van der Waals surface area contributed by atoms with Crippen LogP contribution in [-0.2, 0) is 0 Å². The zero-order valence-electron chi connectivity index (χ0n) is 12.7. The number of aromatic nitrogens is 2. The van der Waals surface area contributed by atoms with Crippen LogP contribution in [0.15, 0.2) is 48.9 Å². The summed E-state index contributed by atoms with van der Waals surface area (Å²) in [6.07, 6.45) is 8.80.